The van der Waals surface area contributed by atoms with Crippen LogP contribution >= 0.6 is 15.9 Å². The molecule has 104 valence electrons. The molecule has 0 N–H and O–H groups in total. The Hall–Kier alpha value is -1.81. The molecule has 0 aliphatic heterocycles. The van der Waals surface area contributed by atoms with E-state index in [2.05, 4.69) is 15.9 Å². The first kappa shape index (κ1) is 14.6. The van der Waals surface area contributed by atoms with E-state index in [-0.39, 0.29) is 5.91 Å². The van der Waals surface area contributed by atoms with Crippen LogP contribution in [0.3, 0.4) is 0 Å². The molecule has 2 aromatic rings. The van der Waals surface area contributed by atoms with E-state index in [1.165, 1.54) is 0 Å². The fourth-order valence-corrected chi connectivity index (χ4v) is 2.26. The van der Waals surface area contributed by atoms with Crippen molar-refractivity contribution in [2.24, 2.45) is 0 Å². The zero-order valence-corrected chi connectivity index (χ0v) is 13.1. The summed E-state index contributed by atoms with van der Waals surface area (Å²) in [6.07, 6.45) is 0. The van der Waals surface area contributed by atoms with Gasteiger partial charge in [0.25, 0.3) is 5.91 Å². The van der Waals surface area contributed by atoms with Gasteiger partial charge in [0.15, 0.2) is 0 Å². The molecule has 20 heavy (non-hydrogen) atoms. The quantitative estimate of drug-likeness (QED) is 0.842. The number of nitrogens with zero attached hydrogens (tertiary/aromatic N) is 1. The SMILES string of the molecule is CCOc1ccc(N(C)C(=O)c2cccc(Br)c2)cc1. The van der Waals surface area contributed by atoms with Gasteiger partial charge in [-0.3, -0.25) is 4.79 Å². The Balaban J connectivity index is 2.18. The van der Waals surface area contributed by atoms with E-state index < -0.39 is 0 Å². The molecule has 0 fully saturated rings. The van der Waals surface area contributed by atoms with E-state index in [9.17, 15) is 4.79 Å². The number of benzene rings is 2. The Morgan fingerprint density at radius 1 is 1.20 bits per heavy atom. The molecule has 0 spiro atoms. The van der Waals surface area contributed by atoms with Gasteiger partial charge in [-0.05, 0) is 49.4 Å². The molecule has 0 saturated carbocycles. The molecule has 0 aromatic heterocycles. The van der Waals surface area contributed by atoms with Crippen molar-refractivity contribution in [3.63, 3.8) is 0 Å². The van der Waals surface area contributed by atoms with E-state index in [1.807, 2.05) is 49.4 Å². The minimum Gasteiger partial charge on any atom is -0.494 e. The van der Waals surface area contributed by atoms with Crippen LogP contribution in [-0.2, 0) is 0 Å². The predicted octanol–water partition coefficient (Wildman–Crippen LogP) is 4.12. The summed E-state index contributed by atoms with van der Waals surface area (Å²) in [4.78, 5) is 14.0. The highest BCUT2D eigenvalue weighted by Gasteiger charge is 2.13. The van der Waals surface area contributed by atoms with Crippen LogP contribution in [0.2, 0.25) is 0 Å². The summed E-state index contributed by atoms with van der Waals surface area (Å²) in [6, 6.07) is 14.8. The van der Waals surface area contributed by atoms with Gasteiger partial charge >= 0.3 is 0 Å². The molecule has 0 heterocycles. The summed E-state index contributed by atoms with van der Waals surface area (Å²) in [7, 11) is 1.76. The molecule has 4 heteroatoms. The summed E-state index contributed by atoms with van der Waals surface area (Å²) in [5.41, 5.74) is 1.48. The normalized spacial score (nSPS) is 10.2. The lowest BCUT2D eigenvalue weighted by molar-refractivity contribution is 0.0993. The fourth-order valence-electron chi connectivity index (χ4n) is 1.87. The maximum Gasteiger partial charge on any atom is 0.258 e. The molecule has 0 saturated heterocycles. The Bertz CT molecular complexity index is 596. The van der Waals surface area contributed by atoms with Gasteiger partial charge in [-0.1, -0.05) is 22.0 Å². The molecular weight excluding hydrogens is 318 g/mol. The Morgan fingerprint density at radius 2 is 1.90 bits per heavy atom. The number of anilines is 1. The average molecular weight is 334 g/mol. The number of carbonyl (C=O) groups excluding carboxylic acids is 1. The standard InChI is InChI=1S/C16H16BrNO2/c1-3-20-15-9-7-14(8-10-15)18(2)16(19)12-5-4-6-13(17)11-12/h4-11H,3H2,1-2H3. The summed E-state index contributed by atoms with van der Waals surface area (Å²) < 4.78 is 6.28. The third kappa shape index (κ3) is 3.39. The van der Waals surface area contributed by atoms with Gasteiger partial charge < -0.3 is 9.64 Å². The van der Waals surface area contributed by atoms with Crippen molar-refractivity contribution >= 4 is 27.5 Å². The maximum absolute atomic E-state index is 12.4. The van der Waals surface area contributed by atoms with Crippen molar-refractivity contribution in [1.29, 1.82) is 0 Å². The Labute approximate surface area is 127 Å². The van der Waals surface area contributed by atoms with Gasteiger partial charge in [0.05, 0.1) is 6.61 Å². The maximum atomic E-state index is 12.4. The summed E-state index contributed by atoms with van der Waals surface area (Å²) in [5, 5.41) is 0. The molecule has 0 atom stereocenters. The van der Waals surface area contributed by atoms with Crippen molar-refractivity contribution in [2.75, 3.05) is 18.6 Å². The van der Waals surface area contributed by atoms with E-state index in [1.54, 1.807) is 18.0 Å². The third-order valence-corrected chi connectivity index (χ3v) is 3.40. The van der Waals surface area contributed by atoms with Gasteiger partial charge in [0.2, 0.25) is 0 Å². The van der Waals surface area contributed by atoms with Crippen molar-refractivity contribution in [3.8, 4) is 5.75 Å². The number of hydrogen-bond acceptors (Lipinski definition) is 2. The van der Waals surface area contributed by atoms with Crippen LogP contribution in [0, 0.1) is 0 Å². The van der Waals surface area contributed by atoms with Crippen molar-refractivity contribution < 1.29 is 9.53 Å². The zero-order valence-electron chi connectivity index (χ0n) is 11.5. The van der Waals surface area contributed by atoms with E-state index in [0.29, 0.717) is 12.2 Å². The highest BCUT2D eigenvalue weighted by Crippen LogP contribution is 2.21. The first-order valence-corrected chi connectivity index (χ1v) is 7.17. The van der Waals surface area contributed by atoms with Gasteiger partial charge in [-0.15, -0.1) is 0 Å². The third-order valence-electron chi connectivity index (χ3n) is 2.91. The Morgan fingerprint density at radius 3 is 2.50 bits per heavy atom. The lowest BCUT2D eigenvalue weighted by atomic mass is 10.2. The van der Waals surface area contributed by atoms with Gasteiger partial charge in [0, 0.05) is 22.8 Å². The van der Waals surface area contributed by atoms with Crippen LogP contribution in [0.4, 0.5) is 5.69 Å². The highest BCUT2D eigenvalue weighted by molar-refractivity contribution is 9.10. The number of carbonyl (C=O) groups is 1. The molecule has 1 amide bonds. The summed E-state index contributed by atoms with van der Waals surface area (Å²) in [6.45, 7) is 2.57. The summed E-state index contributed by atoms with van der Waals surface area (Å²) in [5.74, 6) is 0.759. The molecule has 0 radical (unpaired) electrons. The minimum absolute atomic E-state index is 0.0459. The first-order chi connectivity index (χ1) is 9.61. The number of hydrogen-bond donors (Lipinski definition) is 0. The average Bonchev–Trinajstić information content (AvgIpc) is 2.47. The molecular formula is C16H16BrNO2. The highest BCUT2D eigenvalue weighted by atomic mass is 79.9. The van der Waals surface area contributed by atoms with E-state index in [0.717, 1.165) is 15.9 Å². The number of halogens is 1. The smallest absolute Gasteiger partial charge is 0.258 e. The lowest BCUT2D eigenvalue weighted by Gasteiger charge is -2.18. The molecule has 0 aliphatic carbocycles. The van der Waals surface area contributed by atoms with Crippen LogP contribution in [-0.4, -0.2) is 19.6 Å². The minimum atomic E-state index is -0.0459. The monoisotopic (exact) mass is 333 g/mol. The molecule has 2 aromatic carbocycles. The second-order valence-corrected chi connectivity index (χ2v) is 5.22. The molecule has 2 rings (SSSR count). The van der Waals surface area contributed by atoms with Crippen LogP contribution in [0.15, 0.2) is 53.0 Å². The van der Waals surface area contributed by atoms with Crippen LogP contribution < -0.4 is 9.64 Å². The van der Waals surface area contributed by atoms with Crippen LogP contribution in [0.25, 0.3) is 0 Å². The topological polar surface area (TPSA) is 29.5 Å². The number of ether oxygens (including phenoxy) is 1. The van der Waals surface area contributed by atoms with Crippen molar-refractivity contribution in [1.82, 2.24) is 0 Å². The zero-order chi connectivity index (χ0) is 14.5. The van der Waals surface area contributed by atoms with Gasteiger partial charge in [-0.2, -0.15) is 0 Å². The lowest BCUT2D eigenvalue weighted by Crippen LogP contribution is -2.26. The van der Waals surface area contributed by atoms with Crippen molar-refractivity contribution in [2.45, 2.75) is 6.92 Å². The van der Waals surface area contributed by atoms with Crippen molar-refractivity contribution in [3.05, 3.63) is 58.6 Å². The van der Waals surface area contributed by atoms with Gasteiger partial charge in [-0.25, -0.2) is 0 Å². The number of amides is 1. The Kier molecular flexibility index (Phi) is 4.79. The van der Waals surface area contributed by atoms with Crippen LogP contribution in [0.1, 0.15) is 17.3 Å². The summed E-state index contributed by atoms with van der Waals surface area (Å²) >= 11 is 3.38. The second kappa shape index (κ2) is 6.57. The van der Waals surface area contributed by atoms with E-state index in [4.69, 9.17) is 4.74 Å². The molecule has 3 nitrogen and oxygen atoms in total. The number of rotatable bonds is 4. The largest absolute Gasteiger partial charge is 0.494 e. The van der Waals surface area contributed by atoms with E-state index >= 15 is 0 Å². The molecule has 0 aliphatic rings. The predicted molar refractivity (Wildman–Crippen MR) is 84.5 cm³/mol. The molecule has 0 bridgehead atoms. The first-order valence-electron chi connectivity index (χ1n) is 6.38. The second-order valence-electron chi connectivity index (χ2n) is 4.30. The fraction of sp³-hybridized carbons (Fsp3) is 0.188. The van der Waals surface area contributed by atoms with Gasteiger partial charge in [0.1, 0.15) is 5.75 Å². The molecule has 0 unspecified atom stereocenters. The van der Waals surface area contributed by atoms with Crippen LogP contribution in [0.5, 0.6) is 5.75 Å².